The maximum Gasteiger partial charge on any atom is 0.315 e. The van der Waals surface area contributed by atoms with Gasteiger partial charge in [0.05, 0.1) is 6.42 Å². The fourth-order valence-electron chi connectivity index (χ4n) is 1.65. The summed E-state index contributed by atoms with van der Waals surface area (Å²) in [5, 5.41) is 13.5. The number of rotatable bonds is 5. The van der Waals surface area contributed by atoms with Gasteiger partial charge in [-0.3, -0.25) is 4.79 Å². The number of aliphatic carboxylic acids is 1. The van der Waals surface area contributed by atoms with E-state index in [1.165, 1.54) is 0 Å². The predicted molar refractivity (Wildman–Crippen MR) is 65.1 cm³/mol. The van der Waals surface area contributed by atoms with Gasteiger partial charge in [0.1, 0.15) is 0 Å². The Balaban J connectivity index is 1.81. The molecule has 1 aromatic carbocycles. The molecule has 2 amide bonds. The van der Waals surface area contributed by atoms with Crippen molar-refractivity contribution < 1.29 is 24.2 Å². The first-order valence-corrected chi connectivity index (χ1v) is 5.78. The van der Waals surface area contributed by atoms with Crippen molar-refractivity contribution in [1.29, 1.82) is 0 Å². The standard InChI is InChI=1S/C12H14N2O5/c15-10(16)4-5-13-12(17)14-6-8-2-1-3-9-11(8)19-7-18-9/h1-3H,4-7H2,(H,15,16)(H2,13,14,17). The first-order valence-electron chi connectivity index (χ1n) is 5.78. The Labute approximate surface area is 109 Å². The molecule has 0 saturated heterocycles. The summed E-state index contributed by atoms with van der Waals surface area (Å²) in [6.45, 7) is 0.552. The van der Waals surface area contributed by atoms with E-state index in [1.54, 1.807) is 6.07 Å². The number of carboxylic acid groups (broad SMARTS) is 1. The summed E-state index contributed by atoms with van der Waals surface area (Å²) in [6.07, 6.45) is -0.106. The van der Waals surface area contributed by atoms with Crippen LogP contribution in [0.5, 0.6) is 11.5 Å². The molecular formula is C12H14N2O5. The highest BCUT2D eigenvalue weighted by Gasteiger charge is 2.17. The Morgan fingerprint density at radius 3 is 2.89 bits per heavy atom. The highest BCUT2D eigenvalue weighted by Crippen LogP contribution is 2.35. The molecule has 102 valence electrons. The highest BCUT2D eigenvalue weighted by molar-refractivity contribution is 5.75. The van der Waals surface area contributed by atoms with Crippen LogP contribution < -0.4 is 20.1 Å². The van der Waals surface area contributed by atoms with Crippen molar-refractivity contribution in [1.82, 2.24) is 10.6 Å². The number of carboxylic acids is 1. The van der Waals surface area contributed by atoms with Gasteiger partial charge in [0.2, 0.25) is 6.79 Å². The molecule has 1 aromatic rings. The summed E-state index contributed by atoms with van der Waals surface area (Å²) in [5.74, 6) is 0.339. The zero-order valence-electron chi connectivity index (χ0n) is 10.1. The number of amides is 2. The SMILES string of the molecule is O=C(O)CCNC(=O)NCc1cccc2c1OCO2. The first-order chi connectivity index (χ1) is 9.16. The van der Waals surface area contributed by atoms with Crippen molar-refractivity contribution in [3.8, 4) is 11.5 Å². The van der Waals surface area contributed by atoms with Gasteiger partial charge in [0.25, 0.3) is 0 Å². The Morgan fingerprint density at radius 2 is 2.11 bits per heavy atom. The van der Waals surface area contributed by atoms with Crippen LogP contribution in [0.2, 0.25) is 0 Å². The number of ether oxygens (including phenoxy) is 2. The van der Waals surface area contributed by atoms with E-state index in [1.807, 2.05) is 12.1 Å². The molecule has 19 heavy (non-hydrogen) atoms. The Hall–Kier alpha value is -2.44. The third kappa shape index (κ3) is 3.51. The smallest absolute Gasteiger partial charge is 0.315 e. The zero-order chi connectivity index (χ0) is 13.7. The van der Waals surface area contributed by atoms with Gasteiger partial charge < -0.3 is 25.2 Å². The summed E-state index contributed by atoms with van der Waals surface area (Å²) < 4.78 is 10.5. The van der Waals surface area contributed by atoms with Crippen LogP contribution in [0.15, 0.2) is 18.2 Å². The van der Waals surface area contributed by atoms with Crippen molar-refractivity contribution in [2.45, 2.75) is 13.0 Å². The Bertz CT molecular complexity index is 489. The lowest BCUT2D eigenvalue weighted by Crippen LogP contribution is -2.36. The van der Waals surface area contributed by atoms with E-state index in [2.05, 4.69) is 10.6 Å². The maximum atomic E-state index is 11.4. The quantitative estimate of drug-likeness (QED) is 0.728. The molecule has 1 aliphatic heterocycles. The molecule has 0 bridgehead atoms. The van der Waals surface area contributed by atoms with Crippen molar-refractivity contribution in [3.05, 3.63) is 23.8 Å². The normalized spacial score (nSPS) is 12.0. The second-order valence-corrected chi connectivity index (χ2v) is 3.90. The van der Waals surface area contributed by atoms with E-state index in [9.17, 15) is 9.59 Å². The van der Waals surface area contributed by atoms with Gasteiger partial charge in [-0.1, -0.05) is 12.1 Å². The lowest BCUT2D eigenvalue weighted by molar-refractivity contribution is -0.136. The predicted octanol–water partition coefficient (Wildman–Crippen LogP) is 0.689. The summed E-state index contributed by atoms with van der Waals surface area (Å²) in [6, 6.07) is 5.01. The van der Waals surface area contributed by atoms with Crippen LogP contribution >= 0.6 is 0 Å². The van der Waals surface area contributed by atoms with E-state index in [0.717, 1.165) is 5.56 Å². The van der Waals surface area contributed by atoms with Crippen LogP contribution in [0.1, 0.15) is 12.0 Å². The van der Waals surface area contributed by atoms with E-state index < -0.39 is 12.0 Å². The average Bonchev–Trinajstić information content (AvgIpc) is 2.84. The fourth-order valence-corrected chi connectivity index (χ4v) is 1.65. The summed E-state index contributed by atoms with van der Waals surface area (Å²) in [5.41, 5.74) is 0.809. The van der Waals surface area contributed by atoms with Crippen LogP contribution in [0, 0.1) is 0 Å². The average molecular weight is 266 g/mol. The first kappa shape index (κ1) is 13.0. The molecule has 0 saturated carbocycles. The summed E-state index contributed by atoms with van der Waals surface area (Å²) in [4.78, 5) is 21.7. The van der Waals surface area contributed by atoms with E-state index in [-0.39, 0.29) is 26.3 Å². The molecule has 0 unspecified atom stereocenters. The molecular weight excluding hydrogens is 252 g/mol. The van der Waals surface area contributed by atoms with Crippen molar-refractivity contribution in [2.24, 2.45) is 0 Å². The molecule has 0 spiro atoms. The minimum atomic E-state index is -0.952. The second kappa shape index (κ2) is 5.94. The van der Waals surface area contributed by atoms with Gasteiger partial charge >= 0.3 is 12.0 Å². The number of hydrogen-bond donors (Lipinski definition) is 3. The van der Waals surface area contributed by atoms with Crippen molar-refractivity contribution >= 4 is 12.0 Å². The molecule has 7 nitrogen and oxygen atoms in total. The lowest BCUT2D eigenvalue weighted by Gasteiger charge is -2.08. The third-order valence-electron chi connectivity index (χ3n) is 2.54. The molecule has 0 radical (unpaired) electrons. The van der Waals surface area contributed by atoms with Gasteiger partial charge in [-0.05, 0) is 6.07 Å². The number of carbonyl (C=O) groups is 2. The van der Waals surface area contributed by atoms with Gasteiger partial charge in [0.15, 0.2) is 11.5 Å². The molecule has 3 N–H and O–H groups in total. The van der Waals surface area contributed by atoms with Gasteiger partial charge in [-0.25, -0.2) is 4.79 Å². The zero-order valence-corrected chi connectivity index (χ0v) is 10.1. The van der Waals surface area contributed by atoms with Crippen LogP contribution in [0.25, 0.3) is 0 Å². The maximum absolute atomic E-state index is 11.4. The van der Waals surface area contributed by atoms with E-state index in [4.69, 9.17) is 14.6 Å². The minimum absolute atomic E-state index is 0.0909. The van der Waals surface area contributed by atoms with Gasteiger partial charge in [0, 0.05) is 18.7 Å². The minimum Gasteiger partial charge on any atom is -0.481 e. The number of benzene rings is 1. The topological polar surface area (TPSA) is 96.9 Å². The summed E-state index contributed by atoms with van der Waals surface area (Å²) >= 11 is 0. The largest absolute Gasteiger partial charge is 0.481 e. The third-order valence-corrected chi connectivity index (χ3v) is 2.54. The molecule has 7 heteroatoms. The number of nitrogens with one attached hydrogen (secondary N) is 2. The van der Waals surface area contributed by atoms with Crippen LogP contribution in [0.3, 0.4) is 0 Å². The summed E-state index contributed by atoms with van der Waals surface area (Å²) in [7, 11) is 0. The van der Waals surface area contributed by atoms with Crippen LogP contribution in [-0.4, -0.2) is 30.4 Å². The molecule has 0 aromatic heterocycles. The van der Waals surface area contributed by atoms with Crippen LogP contribution in [0.4, 0.5) is 4.79 Å². The Kier molecular flexibility index (Phi) is 4.07. The Morgan fingerprint density at radius 1 is 1.26 bits per heavy atom. The molecule has 0 atom stereocenters. The number of hydrogen-bond acceptors (Lipinski definition) is 4. The number of carbonyl (C=O) groups excluding carboxylic acids is 1. The van der Waals surface area contributed by atoms with Crippen LogP contribution in [-0.2, 0) is 11.3 Å². The number of fused-ring (bicyclic) bond motifs is 1. The molecule has 2 rings (SSSR count). The molecule has 0 aliphatic carbocycles. The molecule has 1 heterocycles. The van der Waals surface area contributed by atoms with Gasteiger partial charge in [-0.15, -0.1) is 0 Å². The van der Waals surface area contributed by atoms with E-state index in [0.29, 0.717) is 11.5 Å². The second-order valence-electron chi connectivity index (χ2n) is 3.90. The highest BCUT2D eigenvalue weighted by atomic mass is 16.7. The number of urea groups is 1. The van der Waals surface area contributed by atoms with E-state index >= 15 is 0 Å². The fraction of sp³-hybridized carbons (Fsp3) is 0.333. The number of para-hydroxylation sites is 1. The lowest BCUT2D eigenvalue weighted by atomic mass is 10.2. The van der Waals surface area contributed by atoms with Crippen molar-refractivity contribution in [3.63, 3.8) is 0 Å². The van der Waals surface area contributed by atoms with Gasteiger partial charge in [-0.2, -0.15) is 0 Å². The molecule has 0 fully saturated rings. The monoisotopic (exact) mass is 266 g/mol. The molecule has 1 aliphatic rings. The van der Waals surface area contributed by atoms with Crippen molar-refractivity contribution in [2.75, 3.05) is 13.3 Å².